The van der Waals surface area contributed by atoms with E-state index in [9.17, 15) is 9.59 Å². The number of ether oxygens (including phenoxy) is 1. The van der Waals surface area contributed by atoms with Gasteiger partial charge in [0, 0.05) is 12.3 Å². The van der Waals surface area contributed by atoms with Crippen molar-refractivity contribution in [3.63, 3.8) is 0 Å². The fourth-order valence-corrected chi connectivity index (χ4v) is 1.92. The molecule has 8 nitrogen and oxygen atoms in total. The maximum absolute atomic E-state index is 11.3. The van der Waals surface area contributed by atoms with Crippen LogP contribution in [0.4, 0.5) is 11.4 Å². The van der Waals surface area contributed by atoms with Gasteiger partial charge in [-0.15, -0.1) is 0 Å². The Hall–Kier alpha value is -3.03. The fourth-order valence-electron chi connectivity index (χ4n) is 1.92. The van der Waals surface area contributed by atoms with Gasteiger partial charge in [0.1, 0.15) is 11.4 Å². The van der Waals surface area contributed by atoms with Crippen molar-refractivity contribution in [2.75, 3.05) is 17.7 Å². The number of anilines is 2. The van der Waals surface area contributed by atoms with Crippen molar-refractivity contribution in [1.82, 2.24) is 9.78 Å². The molecule has 2 aromatic rings. The largest absolute Gasteiger partial charge is 0.482 e. The summed E-state index contributed by atoms with van der Waals surface area (Å²) in [6, 6.07) is 4.70. The van der Waals surface area contributed by atoms with Gasteiger partial charge in [-0.3, -0.25) is 9.59 Å². The van der Waals surface area contributed by atoms with Crippen LogP contribution in [-0.4, -0.2) is 28.2 Å². The summed E-state index contributed by atoms with van der Waals surface area (Å²) in [4.78, 5) is 22.3. The van der Waals surface area contributed by atoms with Crippen LogP contribution in [0.5, 0.6) is 5.75 Å². The molecule has 1 aromatic heterocycles. The number of carbonyl (C=O) groups is 2. The van der Waals surface area contributed by atoms with Gasteiger partial charge in [0.15, 0.2) is 6.61 Å². The highest BCUT2D eigenvalue weighted by molar-refractivity contribution is 5.96. The number of aromatic nitrogens is 2. The molecule has 1 aliphatic heterocycles. The lowest BCUT2D eigenvalue weighted by atomic mass is 10.2. The molecular formula is C12H11N5O3. The highest BCUT2D eigenvalue weighted by Crippen LogP contribution is 2.33. The molecule has 0 unspecified atom stereocenters. The summed E-state index contributed by atoms with van der Waals surface area (Å²) < 4.78 is 6.67. The molecule has 2 heterocycles. The third-order valence-corrected chi connectivity index (χ3v) is 2.85. The first-order chi connectivity index (χ1) is 9.54. The first-order valence-corrected chi connectivity index (χ1v) is 5.76. The van der Waals surface area contributed by atoms with Crippen LogP contribution in [0.15, 0.2) is 24.4 Å². The molecule has 2 amide bonds. The molecule has 0 bridgehead atoms. The number of hydrogen-bond donors (Lipinski definition) is 3. The van der Waals surface area contributed by atoms with Crippen LogP contribution < -0.4 is 21.5 Å². The van der Waals surface area contributed by atoms with Gasteiger partial charge in [-0.25, -0.2) is 4.68 Å². The first-order valence-electron chi connectivity index (χ1n) is 5.76. The number of nitrogens with one attached hydrogen (secondary N) is 1. The van der Waals surface area contributed by atoms with Crippen LogP contribution in [0.3, 0.4) is 0 Å². The quantitative estimate of drug-likeness (QED) is 0.658. The maximum Gasteiger partial charge on any atom is 0.269 e. The van der Waals surface area contributed by atoms with E-state index < -0.39 is 5.91 Å². The van der Waals surface area contributed by atoms with Crippen molar-refractivity contribution < 1.29 is 14.3 Å². The molecule has 0 radical (unpaired) electrons. The van der Waals surface area contributed by atoms with Gasteiger partial charge in [0.25, 0.3) is 11.8 Å². The van der Waals surface area contributed by atoms with E-state index in [0.29, 0.717) is 22.8 Å². The lowest BCUT2D eigenvalue weighted by molar-refractivity contribution is -0.118. The van der Waals surface area contributed by atoms with Crippen molar-refractivity contribution >= 4 is 23.2 Å². The van der Waals surface area contributed by atoms with Crippen molar-refractivity contribution in [3.05, 3.63) is 30.1 Å². The molecule has 3 rings (SSSR count). The van der Waals surface area contributed by atoms with Crippen molar-refractivity contribution in [2.45, 2.75) is 0 Å². The summed E-state index contributed by atoms with van der Waals surface area (Å²) in [7, 11) is 0. The molecule has 0 aliphatic carbocycles. The number of nitrogens with zero attached hydrogens (tertiary/aromatic N) is 2. The van der Waals surface area contributed by atoms with Gasteiger partial charge >= 0.3 is 0 Å². The van der Waals surface area contributed by atoms with E-state index in [1.807, 2.05) is 0 Å². The van der Waals surface area contributed by atoms with E-state index in [-0.39, 0.29) is 18.2 Å². The third-order valence-electron chi connectivity index (χ3n) is 2.85. The van der Waals surface area contributed by atoms with E-state index in [1.165, 1.54) is 10.7 Å². The number of carbonyl (C=O) groups excluding carboxylic acids is 2. The van der Waals surface area contributed by atoms with Gasteiger partial charge < -0.3 is 21.5 Å². The number of nitrogens with two attached hydrogens (primary N) is 2. The molecule has 0 atom stereocenters. The zero-order chi connectivity index (χ0) is 14.3. The SMILES string of the molecule is NC(=O)c1ccn(-c2cc3c(cc2N)OCC(=O)N3)n1. The van der Waals surface area contributed by atoms with Crippen LogP contribution in [0.1, 0.15) is 10.5 Å². The second-order valence-electron chi connectivity index (χ2n) is 4.25. The number of fused-ring (bicyclic) bond motifs is 1. The lowest BCUT2D eigenvalue weighted by Crippen LogP contribution is -2.25. The molecule has 5 N–H and O–H groups in total. The Kier molecular flexibility index (Phi) is 2.56. The summed E-state index contributed by atoms with van der Waals surface area (Å²) in [6.07, 6.45) is 1.56. The minimum atomic E-state index is -0.628. The summed E-state index contributed by atoms with van der Waals surface area (Å²) in [6.45, 7) is -0.0423. The van der Waals surface area contributed by atoms with Crippen LogP contribution >= 0.6 is 0 Å². The number of rotatable bonds is 2. The number of nitrogen functional groups attached to an aromatic ring is 1. The number of hydrogen-bond acceptors (Lipinski definition) is 5. The molecule has 102 valence electrons. The van der Waals surface area contributed by atoms with Crippen molar-refractivity contribution in [1.29, 1.82) is 0 Å². The number of amides is 2. The normalized spacial score (nSPS) is 13.3. The van der Waals surface area contributed by atoms with Gasteiger partial charge in [-0.2, -0.15) is 5.10 Å². The first kappa shape index (κ1) is 12.0. The zero-order valence-electron chi connectivity index (χ0n) is 10.3. The Morgan fingerprint density at radius 2 is 2.25 bits per heavy atom. The summed E-state index contributed by atoms with van der Waals surface area (Å²) >= 11 is 0. The standard InChI is InChI=1S/C12H11N5O3/c13-6-3-10-8(15-11(18)5-20-10)4-9(6)17-2-1-7(16-17)12(14)19/h1-4H,5,13H2,(H2,14,19)(H,15,18). The lowest BCUT2D eigenvalue weighted by Gasteiger charge is -2.19. The zero-order valence-corrected chi connectivity index (χ0v) is 10.3. The van der Waals surface area contributed by atoms with E-state index >= 15 is 0 Å². The van der Waals surface area contributed by atoms with E-state index in [0.717, 1.165) is 0 Å². The van der Waals surface area contributed by atoms with Crippen LogP contribution in [0, 0.1) is 0 Å². The number of benzene rings is 1. The summed E-state index contributed by atoms with van der Waals surface area (Å²) in [5.41, 5.74) is 12.6. The average molecular weight is 273 g/mol. The summed E-state index contributed by atoms with van der Waals surface area (Å²) in [5, 5.41) is 6.69. The molecule has 0 fully saturated rings. The molecule has 20 heavy (non-hydrogen) atoms. The van der Waals surface area contributed by atoms with Crippen LogP contribution in [-0.2, 0) is 4.79 Å². The topological polar surface area (TPSA) is 125 Å². The second-order valence-corrected chi connectivity index (χ2v) is 4.25. The van der Waals surface area contributed by atoms with Gasteiger partial charge in [-0.1, -0.05) is 0 Å². The monoisotopic (exact) mass is 273 g/mol. The van der Waals surface area contributed by atoms with E-state index in [1.54, 1.807) is 18.3 Å². The predicted octanol–water partition coefficient (Wildman–Crippen LogP) is -0.116. The minimum Gasteiger partial charge on any atom is -0.482 e. The van der Waals surface area contributed by atoms with Gasteiger partial charge in [0.05, 0.1) is 17.1 Å². The minimum absolute atomic E-state index is 0.0423. The predicted molar refractivity (Wildman–Crippen MR) is 70.6 cm³/mol. The second kappa shape index (κ2) is 4.26. The Morgan fingerprint density at radius 1 is 1.45 bits per heavy atom. The average Bonchev–Trinajstić information content (AvgIpc) is 2.88. The molecule has 0 saturated carbocycles. The smallest absolute Gasteiger partial charge is 0.269 e. The van der Waals surface area contributed by atoms with E-state index in [4.69, 9.17) is 16.2 Å². The van der Waals surface area contributed by atoms with Gasteiger partial charge in [-0.05, 0) is 12.1 Å². The highest BCUT2D eigenvalue weighted by atomic mass is 16.5. The molecule has 1 aromatic carbocycles. The Balaban J connectivity index is 2.06. The Morgan fingerprint density at radius 3 is 2.95 bits per heavy atom. The number of primary amides is 1. The van der Waals surface area contributed by atoms with Gasteiger partial charge in [0.2, 0.25) is 0 Å². The molecular weight excluding hydrogens is 262 g/mol. The fraction of sp³-hybridized carbons (Fsp3) is 0.0833. The molecule has 1 aliphatic rings. The summed E-state index contributed by atoms with van der Waals surface area (Å²) in [5.74, 6) is -0.378. The highest BCUT2D eigenvalue weighted by Gasteiger charge is 2.19. The molecule has 0 saturated heterocycles. The molecule has 8 heteroatoms. The van der Waals surface area contributed by atoms with E-state index in [2.05, 4.69) is 10.4 Å². The van der Waals surface area contributed by atoms with Crippen molar-refractivity contribution in [2.24, 2.45) is 5.73 Å². The maximum atomic E-state index is 11.3. The molecule has 0 spiro atoms. The van der Waals surface area contributed by atoms with Crippen LogP contribution in [0.25, 0.3) is 5.69 Å². The van der Waals surface area contributed by atoms with Crippen LogP contribution in [0.2, 0.25) is 0 Å². The Labute approximate surface area is 113 Å². The van der Waals surface area contributed by atoms with Crippen molar-refractivity contribution in [3.8, 4) is 11.4 Å². The Bertz CT molecular complexity index is 722. The third kappa shape index (κ3) is 1.92.